The van der Waals surface area contributed by atoms with Crippen molar-refractivity contribution in [3.63, 3.8) is 0 Å². The molecular weight excluding hydrogens is 312 g/mol. The van der Waals surface area contributed by atoms with Crippen LogP contribution in [0.5, 0.6) is 0 Å². The van der Waals surface area contributed by atoms with Crippen LogP contribution in [-0.4, -0.2) is 0 Å². The molecule has 1 aliphatic carbocycles. The lowest BCUT2D eigenvalue weighted by Crippen LogP contribution is -2.10. The first-order chi connectivity index (χ1) is 12.8. The fourth-order valence-corrected chi connectivity index (χ4v) is 4.19. The minimum Gasteiger partial charge on any atom is -0.103 e. The van der Waals surface area contributed by atoms with E-state index in [2.05, 4.69) is 79.9 Å². The predicted molar refractivity (Wildman–Crippen MR) is 114 cm³/mol. The van der Waals surface area contributed by atoms with E-state index in [1.54, 1.807) is 0 Å². The molecule has 0 radical (unpaired) electrons. The van der Waals surface area contributed by atoms with E-state index < -0.39 is 0 Å². The van der Waals surface area contributed by atoms with Crippen LogP contribution in [0.25, 0.3) is 16.8 Å². The highest BCUT2D eigenvalue weighted by Gasteiger charge is 2.24. The van der Waals surface area contributed by atoms with Crippen molar-refractivity contribution in [2.45, 2.75) is 25.2 Å². The largest absolute Gasteiger partial charge is 0.103 e. The molecule has 128 valence electrons. The Labute approximate surface area is 156 Å². The number of hydrogen-bond acceptors (Lipinski definition) is 0. The van der Waals surface area contributed by atoms with Gasteiger partial charge in [-0.3, -0.25) is 0 Å². The topological polar surface area (TPSA) is 0 Å². The molecule has 0 aromatic heterocycles. The van der Waals surface area contributed by atoms with Crippen LogP contribution in [-0.2, 0) is 6.42 Å². The van der Waals surface area contributed by atoms with Crippen molar-refractivity contribution >= 4 is 16.8 Å². The maximum Gasteiger partial charge on any atom is 0.0139 e. The van der Waals surface area contributed by atoms with Gasteiger partial charge in [0, 0.05) is 5.92 Å². The Morgan fingerprint density at radius 1 is 0.846 bits per heavy atom. The summed E-state index contributed by atoms with van der Waals surface area (Å²) in [4.78, 5) is 0. The van der Waals surface area contributed by atoms with E-state index in [4.69, 9.17) is 0 Å². The molecule has 4 rings (SSSR count). The fraction of sp³-hybridized carbons (Fsp3) is 0.154. The molecule has 0 saturated heterocycles. The molecule has 0 bridgehead atoms. The Balaban J connectivity index is 1.92. The summed E-state index contributed by atoms with van der Waals surface area (Å²) in [6.45, 7) is 7.88. The number of rotatable bonds is 5. The summed E-state index contributed by atoms with van der Waals surface area (Å²) >= 11 is 0. The van der Waals surface area contributed by atoms with E-state index in [9.17, 15) is 0 Å². The highest BCUT2D eigenvalue weighted by molar-refractivity contribution is 5.88. The zero-order chi connectivity index (χ0) is 17.9. The normalized spacial score (nSPS) is 16.0. The molecule has 1 unspecified atom stereocenters. The number of hydrogen-bond donors (Lipinski definition) is 0. The van der Waals surface area contributed by atoms with Gasteiger partial charge in [-0.1, -0.05) is 84.5 Å². The van der Waals surface area contributed by atoms with Gasteiger partial charge in [0.25, 0.3) is 0 Å². The molecule has 0 heterocycles. The van der Waals surface area contributed by atoms with Crippen molar-refractivity contribution in [1.29, 1.82) is 0 Å². The van der Waals surface area contributed by atoms with Gasteiger partial charge < -0.3 is 0 Å². The second-order valence-electron chi connectivity index (χ2n) is 7.08. The van der Waals surface area contributed by atoms with E-state index in [1.807, 2.05) is 12.2 Å². The van der Waals surface area contributed by atoms with E-state index >= 15 is 0 Å². The third-order valence-corrected chi connectivity index (χ3v) is 5.31. The summed E-state index contributed by atoms with van der Waals surface area (Å²) in [7, 11) is 0. The molecule has 0 N–H and O–H groups in total. The summed E-state index contributed by atoms with van der Waals surface area (Å²) in [6.07, 6.45) is 9.28. The Bertz CT molecular complexity index is 1000. The molecule has 0 nitrogen and oxygen atoms in total. The molecule has 26 heavy (non-hydrogen) atoms. The molecule has 0 amide bonds. The fourth-order valence-electron chi connectivity index (χ4n) is 4.19. The monoisotopic (exact) mass is 336 g/mol. The second kappa shape index (κ2) is 7.17. The highest BCUT2D eigenvalue weighted by atomic mass is 14.3. The van der Waals surface area contributed by atoms with Gasteiger partial charge in [-0.15, -0.1) is 13.2 Å². The minimum absolute atomic E-state index is 0.390. The standard InChI is InChI=1S/C26H24/c1-3-9-19-15-21-11-5-7-13-23(21)25(17-19)26-18-20(10-4-2)16-22-12-6-8-14-24(22)26/h3-8,11-17,26H,1-2,9-10,18H2. The lowest BCUT2D eigenvalue weighted by atomic mass is 9.76. The highest BCUT2D eigenvalue weighted by Crippen LogP contribution is 2.42. The summed E-state index contributed by atoms with van der Waals surface area (Å²) in [6, 6.07) is 22.3. The molecule has 0 aliphatic heterocycles. The second-order valence-corrected chi connectivity index (χ2v) is 7.08. The molecule has 0 spiro atoms. The van der Waals surface area contributed by atoms with Crippen LogP contribution in [0, 0.1) is 0 Å². The number of fused-ring (bicyclic) bond motifs is 2. The summed E-state index contributed by atoms with van der Waals surface area (Å²) in [5, 5.41) is 2.68. The maximum absolute atomic E-state index is 3.95. The van der Waals surface area contributed by atoms with Gasteiger partial charge in [-0.05, 0) is 52.3 Å². The van der Waals surface area contributed by atoms with Crippen LogP contribution < -0.4 is 0 Å². The van der Waals surface area contributed by atoms with Gasteiger partial charge >= 0.3 is 0 Å². The lowest BCUT2D eigenvalue weighted by molar-refractivity contribution is 0.776. The Kier molecular flexibility index (Phi) is 4.58. The van der Waals surface area contributed by atoms with Gasteiger partial charge in [-0.2, -0.15) is 0 Å². The van der Waals surface area contributed by atoms with E-state index in [0.717, 1.165) is 19.3 Å². The van der Waals surface area contributed by atoms with E-state index in [1.165, 1.54) is 38.6 Å². The predicted octanol–water partition coefficient (Wildman–Crippen LogP) is 7.06. The molecule has 0 heteroatoms. The average Bonchev–Trinajstić information content (AvgIpc) is 2.67. The smallest absolute Gasteiger partial charge is 0.0139 e. The van der Waals surface area contributed by atoms with Crippen LogP contribution >= 0.6 is 0 Å². The number of allylic oxidation sites excluding steroid dienone is 3. The Morgan fingerprint density at radius 2 is 1.62 bits per heavy atom. The van der Waals surface area contributed by atoms with Gasteiger partial charge in [-0.25, -0.2) is 0 Å². The zero-order valence-electron chi connectivity index (χ0n) is 15.1. The third kappa shape index (κ3) is 3.04. The van der Waals surface area contributed by atoms with Crippen LogP contribution in [0.15, 0.2) is 91.5 Å². The Hall–Kier alpha value is -2.86. The lowest BCUT2D eigenvalue weighted by Gasteiger charge is -2.27. The first-order valence-electron chi connectivity index (χ1n) is 9.32. The average molecular weight is 336 g/mol. The molecule has 0 fully saturated rings. The summed E-state index contributed by atoms with van der Waals surface area (Å²) < 4.78 is 0. The van der Waals surface area contributed by atoms with Gasteiger partial charge in [0.2, 0.25) is 0 Å². The molecule has 3 aromatic rings. The molecule has 3 aromatic carbocycles. The first-order valence-corrected chi connectivity index (χ1v) is 9.32. The minimum atomic E-state index is 0.390. The third-order valence-electron chi connectivity index (χ3n) is 5.31. The summed E-state index contributed by atoms with van der Waals surface area (Å²) in [5.41, 5.74) is 7.01. The van der Waals surface area contributed by atoms with Crippen molar-refractivity contribution in [3.05, 3.63) is 114 Å². The molecular formula is C26H24. The van der Waals surface area contributed by atoms with Crippen molar-refractivity contribution in [2.75, 3.05) is 0 Å². The Morgan fingerprint density at radius 3 is 2.46 bits per heavy atom. The SMILES string of the molecule is C=CCC1=Cc2ccccc2C(c2cc(CC=C)cc3ccccc23)C1. The van der Waals surface area contributed by atoms with Crippen LogP contribution in [0.2, 0.25) is 0 Å². The number of benzene rings is 3. The zero-order valence-corrected chi connectivity index (χ0v) is 15.1. The van der Waals surface area contributed by atoms with Crippen molar-refractivity contribution in [3.8, 4) is 0 Å². The first kappa shape index (κ1) is 16.6. The molecule has 1 atom stereocenters. The van der Waals surface area contributed by atoms with E-state index in [-0.39, 0.29) is 0 Å². The molecule has 1 aliphatic rings. The van der Waals surface area contributed by atoms with Crippen LogP contribution in [0.3, 0.4) is 0 Å². The van der Waals surface area contributed by atoms with Crippen molar-refractivity contribution in [2.24, 2.45) is 0 Å². The quantitative estimate of drug-likeness (QED) is 0.437. The van der Waals surface area contributed by atoms with Gasteiger partial charge in [0.05, 0.1) is 0 Å². The van der Waals surface area contributed by atoms with E-state index in [0.29, 0.717) is 5.92 Å². The van der Waals surface area contributed by atoms with Crippen LogP contribution in [0.4, 0.5) is 0 Å². The van der Waals surface area contributed by atoms with Gasteiger partial charge in [0.15, 0.2) is 0 Å². The molecule has 0 saturated carbocycles. The van der Waals surface area contributed by atoms with Gasteiger partial charge in [0.1, 0.15) is 0 Å². The van der Waals surface area contributed by atoms with Crippen molar-refractivity contribution < 1.29 is 0 Å². The maximum atomic E-state index is 3.95. The van der Waals surface area contributed by atoms with Crippen molar-refractivity contribution in [1.82, 2.24) is 0 Å². The summed E-state index contributed by atoms with van der Waals surface area (Å²) in [5.74, 6) is 0.390. The van der Waals surface area contributed by atoms with Crippen LogP contribution in [0.1, 0.15) is 41.0 Å².